The quantitative estimate of drug-likeness (QED) is 0.654. The zero-order chi connectivity index (χ0) is 18.0. The fourth-order valence-corrected chi connectivity index (χ4v) is 5.05. The number of carbonyl (C=O) groups excluding carboxylic acids is 1. The minimum Gasteiger partial charge on any atom is -0.496 e. The molecule has 25 heavy (non-hydrogen) atoms. The number of aryl methyl sites for hydroxylation is 1. The molecule has 1 atom stereocenters. The lowest BCUT2D eigenvalue weighted by atomic mass is 9.87. The monoisotopic (exact) mass is 421 g/mol. The molecule has 3 rings (SSSR count). The standard InChI is InChI=1S/C20H24BrNO2S/c1-4-13-5-8-18-14(9-13)11-19(25-18)20(23)22(2)12-15-10-16(21)6-7-17(15)24-3/h6-7,10-11,13H,4-5,8-9,12H2,1-3H3/t13-/m0/s1. The van der Waals surface area contributed by atoms with Gasteiger partial charge < -0.3 is 9.64 Å². The van der Waals surface area contributed by atoms with Crippen LogP contribution in [0.2, 0.25) is 0 Å². The third kappa shape index (κ3) is 4.09. The maximum Gasteiger partial charge on any atom is 0.263 e. The second-order valence-electron chi connectivity index (χ2n) is 6.69. The highest BCUT2D eigenvalue weighted by molar-refractivity contribution is 9.10. The molecule has 134 valence electrons. The summed E-state index contributed by atoms with van der Waals surface area (Å²) in [4.78, 5) is 16.9. The van der Waals surface area contributed by atoms with Crippen molar-refractivity contribution in [2.24, 2.45) is 5.92 Å². The van der Waals surface area contributed by atoms with E-state index in [1.54, 1.807) is 23.3 Å². The average molecular weight is 422 g/mol. The molecule has 1 aliphatic rings. The number of hydrogen-bond acceptors (Lipinski definition) is 3. The molecule has 0 N–H and O–H groups in total. The molecule has 1 aromatic heterocycles. The number of nitrogens with zero attached hydrogens (tertiary/aromatic N) is 1. The Morgan fingerprint density at radius 3 is 2.92 bits per heavy atom. The number of thiophene rings is 1. The molecule has 2 aromatic rings. The molecule has 1 amide bonds. The molecule has 0 unspecified atom stereocenters. The van der Waals surface area contributed by atoms with Gasteiger partial charge in [0.05, 0.1) is 12.0 Å². The molecule has 0 aliphatic heterocycles. The Hall–Kier alpha value is -1.33. The van der Waals surface area contributed by atoms with Crippen LogP contribution in [0.4, 0.5) is 0 Å². The van der Waals surface area contributed by atoms with Gasteiger partial charge in [0.25, 0.3) is 5.91 Å². The number of hydrogen-bond donors (Lipinski definition) is 0. The lowest BCUT2D eigenvalue weighted by Gasteiger charge is -2.19. The number of fused-ring (bicyclic) bond motifs is 1. The van der Waals surface area contributed by atoms with Crippen LogP contribution in [0.1, 0.15) is 45.4 Å². The van der Waals surface area contributed by atoms with Crippen LogP contribution in [0.3, 0.4) is 0 Å². The summed E-state index contributed by atoms with van der Waals surface area (Å²) in [5.41, 5.74) is 2.39. The first kappa shape index (κ1) is 18.5. The molecular formula is C20H24BrNO2S. The summed E-state index contributed by atoms with van der Waals surface area (Å²) >= 11 is 5.17. The molecule has 0 spiro atoms. The van der Waals surface area contributed by atoms with Crippen molar-refractivity contribution in [3.05, 3.63) is 49.6 Å². The lowest BCUT2D eigenvalue weighted by Crippen LogP contribution is -2.25. The fourth-order valence-electron chi connectivity index (χ4n) is 3.44. The zero-order valence-electron chi connectivity index (χ0n) is 15.0. The van der Waals surface area contributed by atoms with Crippen LogP contribution in [0.15, 0.2) is 28.7 Å². The first-order valence-electron chi connectivity index (χ1n) is 8.71. The third-order valence-electron chi connectivity index (χ3n) is 4.97. The van der Waals surface area contributed by atoms with Crippen LogP contribution in [0, 0.1) is 5.92 Å². The lowest BCUT2D eigenvalue weighted by molar-refractivity contribution is 0.0789. The molecule has 5 heteroatoms. The summed E-state index contributed by atoms with van der Waals surface area (Å²) in [6.45, 7) is 2.79. The van der Waals surface area contributed by atoms with Gasteiger partial charge in [0.1, 0.15) is 5.75 Å². The number of rotatable bonds is 5. The molecule has 3 nitrogen and oxygen atoms in total. The van der Waals surface area contributed by atoms with Crippen LogP contribution >= 0.6 is 27.3 Å². The maximum absolute atomic E-state index is 12.9. The van der Waals surface area contributed by atoms with Gasteiger partial charge in [-0.3, -0.25) is 4.79 Å². The van der Waals surface area contributed by atoms with E-state index in [9.17, 15) is 4.79 Å². The van der Waals surface area contributed by atoms with E-state index in [0.29, 0.717) is 6.54 Å². The van der Waals surface area contributed by atoms with E-state index in [4.69, 9.17) is 4.74 Å². The number of carbonyl (C=O) groups is 1. The highest BCUT2D eigenvalue weighted by atomic mass is 79.9. The van der Waals surface area contributed by atoms with Gasteiger partial charge in [0.15, 0.2) is 0 Å². The molecule has 1 aromatic carbocycles. The van der Waals surface area contributed by atoms with Gasteiger partial charge in [-0.1, -0.05) is 29.3 Å². The summed E-state index contributed by atoms with van der Waals surface area (Å²) in [6.07, 6.45) is 4.72. The maximum atomic E-state index is 12.9. The molecule has 0 saturated heterocycles. The first-order chi connectivity index (χ1) is 12.0. The van der Waals surface area contributed by atoms with E-state index in [1.165, 1.54) is 23.3 Å². The summed E-state index contributed by atoms with van der Waals surface area (Å²) in [7, 11) is 3.52. The predicted octanol–water partition coefficient (Wildman–Crippen LogP) is 5.31. The molecule has 0 saturated carbocycles. The zero-order valence-corrected chi connectivity index (χ0v) is 17.4. The van der Waals surface area contributed by atoms with Crippen LogP contribution < -0.4 is 4.74 Å². The minimum absolute atomic E-state index is 0.0921. The fraction of sp³-hybridized carbons (Fsp3) is 0.450. The Morgan fingerprint density at radius 2 is 2.20 bits per heavy atom. The van der Waals surface area contributed by atoms with Crippen molar-refractivity contribution in [2.45, 2.75) is 39.2 Å². The van der Waals surface area contributed by atoms with Crippen LogP contribution in [-0.4, -0.2) is 25.0 Å². The minimum atomic E-state index is 0.0921. The van der Waals surface area contributed by atoms with Crippen molar-refractivity contribution in [1.82, 2.24) is 4.90 Å². The second-order valence-corrected chi connectivity index (χ2v) is 8.75. The summed E-state index contributed by atoms with van der Waals surface area (Å²) < 4.78 is 6.41. The first-order valence-corrected chi connectivity index (χ1v) is 10.3. The van der Waals surface area contributed by atoms with E-state index >= 15 is 0 Å². The Bertz CT molecular complexity index is 771. The second kappa shape index (κ2) is 7.92. The van der Waals surface area contributed by atoms with Crippen molar-refractivity contribution < 1.29 is 9.53 Å². The number of ether oxygens (including phenoxy) is 1. The SMILES string of the molecule is CC[C@H]1CCc2sc(C(=O)N(C)Cc3cc(Br)ccc3OC)cc2C1. The number of halogens is 1. The Morgan fingerprint density at radius 1 is 1.40 bits per heavy atom. The highest BCUT2D eigenvalue weighted by Gasteiger charge is 2.23. The van der Waals surface area contributed by atoms with Gasteiger partial charge in [-0.25, -0.2) is 0 Å². The third-order valence-corrected chi connectivity index (χ3v) is 6.69. The number of benzene rings is 1. The van der Waals surface area contributed by atoms with Crippen molar-refractivity contribution in [3.63, 3.8) is 0 Å². The topological polar surface area (TPSA) is 29.5 Å². The number of amides is 1. The summed E-state index contributed by atoms with van der Waals surface area (Å²) in [5.74, 6) is 1.67. The van der Waals surface area contributed by atoms with Gasteiger partial charge in [-0.15, -0.1) is 11.3 Å². The van der Waals surface area contributed by atoms with E-state index in [0.717, 1.165) is 39.4 Å². The van der Waals surface area contributed by atoms with Crippen molar-refractivity contribution in [2.75, 3.05) is 14.2 Å². The molecule has 1 heterocycles. The molecule has 0 radical (unpaired) electrons. The van der Waals surface area contributed by atoms with E-state index < -0.39 is 0 Å². The van der Waals surface area contributed by atoms with Crippen LogP contribution in [0.5, 0.6) is 5.75 Å². The smallest absolute Gasteiger partial charge is 0.263 e. The molecule has 1 aliphatic carbocycles. The van der Waals surface area contributed by atoms with Gasteiger partial charge in [0.2, 0.25) is 0 Å². The van der Waals surface area contributed by atoms with Gasteiger partial charge in [-0.2, -0.15) is 0 Å². The molecular weight excluding hydrogens is 398 g/mol. The Kier molecular flexibility index (Phi) is 5.85. The molecule has 0 fully saturated rings. The van der Waals surface area contributed by atoms with Crippen LogP contribution in [-0.2, 0) is 19.4 Å². The van der Waals surface area contributed by atoms with Gasteiger partial charge in [0, 0.05) is 28.5 Å². The molecule has 0 bridgehead atoms. The normalized spacial score (nSPS) is 16.4. The van der Waals surface area contributed by atoms with Crippen molar-refractivity contribution in [1.29, 1.82) is 0 Å². The summed E-state index contributed by atoms with van der Waals surface area (Å²) in [5, 5.41) is 0. The van der Waals surface area contributed by atoms with Gasteiger partial charge >= 0.3 is 0 Å². The largest absolute Gasteiger partial charge is 0.496 e. The van der Waals surface area contributed by atoms with Gasteiger partial charge in [-0.05, 0) is 55.0 Å². The van der Waals surface area contributed by atoms with Crippen LogP contribution in [0.25, 0.3) is 0 Å². The Labute approximate surface area is 162 Å². The van der Waals surface area contributed by atoms with Crippen molar-refractivity contribution in [3.8, 4) is 5.75 Å². The predicted molar refractivity (Wildman–Crippen MR) is 107 cm³/mol. The number of methoxy groups -OCH3 is 1. The van der Waals surface area contributed by atoms with E-state index in [1.807, 2.05) is 25.2 Å². The average Bonchev–Trinajstić information content (AvgIpc) is 3.04. The Balaban J connectivity index is 1.75. The van der Waals surface area contributed by atoms with E-state index in [2.05, 4.69) is 28.9 Å². The summed E-state index contributed by atoms with van der Waals surface area (Å²) in [6, 6.07) is 8.00. The van der Waals surface area contributed by atoms with E-state index in [-0.39, 0.29) is 5.91 Å². The highest BCUT2D eigenvalue weighted by Crippen LogP contribution is 2.34. The van der Waals surface area contributed by atoms with Crippen molar-refractivity contribution >= 4 is 33.2 Å².